The van der Waals surface area contributed by atoms with Crippen LogP contribution in [0.4, 0.5) is 0 Å². The fourth-order valence-electron chi connectivity index (χ4n) is 2.35. The second-order valence-corrected chi connectivity index (χ2v) is 5.51. The second kappa shape index (κ2) is 5.86. The first-order valence-electron chi connectivity index (χ1n) is 6.34. The summed E-state index contributed by atoms with van der Waals surface area (Å²) < 4.78 is 5.69. The minimum Gasteiger partial charge on any atom is -0.378 e. The van der Waals surface area contributed by atoms with Gasteiger partial charge in [0.15, 0.2) is 0 Å². The van der Waals surface area contributed by atoms with Gasteiger partial charge in [-0.3, -0.25) is 0 Å². The van der Waals surface area contributed by atoms with E-state index in [2.05, 4.69) is 26.1 Å². The van der Waals surface area contributed by atoms with Crippen molar-refractivity contribution in [3.8, 4) is 0 Å². The lowest BCUT2D eigenvalue weighted by Crippen LogP contribution is -2.35. The van der Waals surface area contributed by atoms with E-state index in [0.717, 1.165) is 19.1 Å². The minimum atomic E-state index is 0.417. The molecule has 0 spiro atoms. The normalized spacial score (nSPS) is 25.8. The molecule has 2 nitrogen and oxygen atoms in total. The molecular formula is C13H27NO. The van der Waals surface area contributed by atoms with Crippen molar-refractivity contribution in [2.24, 2.45) is 11.3 Å². The summed E-state index contributed by atoms with van der Waals surface area (Å²) in [5.41, 5.74) is 0.417. The van der Waals surface area contributed by atoms with E-state index in [1.807, 2.05) is 7.05 Å². The molecule has 0 aromatic heterocycles. The molecule has 1 heterocycles. The molecule has 1 fully saturated rings. The van der Waals surface area contributed by atoms with Crippen LogP contribution < -0.4 is 5.32 Å². The molecule has 0 aliphatic carbocycles. The highest BCUT2D eigenvalue weighted by atomic mass is 16.5. The predicted octanol–water partition coefficient (Wildman–Crippen LogP) is 2.83. The lowest BCUT2D eigenvalue weighted by Gasteiger charge is -2.34. The minimum absolute atomic E-state index is 0.417. The summed E-state index contributed by atoms with van der Waals surface area (Å²) >= 11 is 0. The van der Waals surface area contributed by atoms with Gasteiger partial charge in [0.25, 0.3) is 0 Å². The van der Waals surface area contributed by atoms with E-state index in [-0.39, 0.29) is 0 Å². The summed E-state index contributed by atoms with van der Waals surface area (Å²) in [4.78, 5) is 0. The molecule has 1 saturated heterocycles. The van der Waals surface area contributed by atoms with Crippen LogP contribution in [0.25, 0.3) is 0 Å². The Morgan fingerprint density at radius 1 is 1.47 bits per heavy atom. The van der Waals surface area contributed by atoms with Crippen LogP contribution in [0.1, 0.15) is 46.5 Å². The molecule has 0 amide bonds. The number of rotatable bonds is 6. The molecule has 0 aromatic carbocycles. The third-order valence-electron chi connectivity index (χ3n) is 4.04. The molecule has 0 bridgehead atoms. The third-order valence-corrected chi connectivity index (χ3v) is 4.04. The predicted molar refractivity (Wildman–Crippen MR) is 65.1 cm³/mol. The number of nitrogens with one attached hydrogen (secondary N) is 1. The van der Waals surface area contributed by atoms with E-state index in [0.29, 0.717) is 11.5 Å². The van der Waals surface area contributed by atoms with Crippen molar-refractivity contribution in [1.29, 1.82) is 0 Å². The quantitative estimate of drug-likeness (QED) is 0.732. The molecule has 1 rings (SSSR count). The zero-order valence-electron chi connectivity index (χ0n) is 10.8. The molecule has 15 heavy (non-hydrogen) atoms. The van der Waals surface area contributed by atoms with E-state index in [1.54, 1.807) is 0 Å². The van der Waals surface area contributed by atoms with E-state index < -0.39 is 0 Å². The van der Waals surface area contributed by atoms with E-state index in [1.165, 1.54) is 25.7 Å². The molecule has 1 aliphatic rings. The highest BCUT2D eigenvalue weighted by molar-refractivity contribution is 4.81. The first-order valence-corrected chi connectivity index (χ1v) is 6.34. The van der Waals surface area contributed by atoms with Crippen LogP contribution >= 0.6 is 0 Å². The Morgan fingerprint density at radius 3 is 2.67 bits per heavy atom. The maximum absolute atomic E-state index is 5.69. The van der Waals surface area contributed by atoms with Gasteiger partial charge in [-0.25, -0.2) is 0 Å². The Bertz CT molecular complexity index is 175. The average Bonchev–Trinajstić information content (AvgIpc) is 2.67. The van der Waals surface area contributed by atoms with Gasteiger partial charge in [0.1, 0.15) is 0 Å². The summed E-state index contributed by atoms with van der Waals surface area (Å²) in [7, 11) is 2.05. The molecular weight excluding hydrogens is 186 g/mol. The fraction of sp³-hybridized carbons (Fsp3) is 1.00. The van der Waals surface area contributed by atoms with Gasteiger partial charge >= 0.3 is 0 Å². The average molecular weight is 213 g/mol. The Kier molecular flexibility index (Phi) is 5.07. The topological polar surface area (TPSA) is 21.3 Å². The van der Waals surface area contributed by atoms with Crippen molar-refractivity contribution in [3.05, 3.63) is 0 Å². The Morgan fingerprint density at radius 2 is 2.20 bits per heavy atom. The Hall–Kier alpha value is -0.0800. The van der Waals surface area contributed by atoms with E-state index in [9.17, 15) is 0 Å². The van der Waals surface area contributed by atoms with Gasteiger partial charge in [-0.2, -0.15) is 0 Å². The fourth-order valence-corrected chi connectivity index (χ4v) is 2.35. The maximum Gasteiger partial charge on any atom is 0.0576 e. The highest BCUT2D eigenvalue weighted by Crippen LogP contribution is 2.33. The number of hydrogen-bond acceptors (Lipinski definition) is 2. The highest BCUT2D eigenvalue weighted by Gasteiger charge is 2.29. The first kappa shape index (κ1) is 13.0. The van der Waals surface area contributed by atoms with Crippen LogP contribution in [0.5, 0.6) is 0 Å². The van der Waals surface area contributed by atoms with Crippen molar-refractivity contribution >= 4 is 0 Å². The van der Waals surface area contributed by atoms with Crippen molar-refractivity contribution in [2.75, 3.05) is 20.2 Å². The standard InChI is InChI=1S/C13H27NO/c1-11(2)13(3,10-14-4)8-7-12-6-5-9-15-12/h11-12,14H,5-10H2,1-4H3. The molecule has 1 aliphatic heterocycles. The van der Waals surface area contributed by atoms with Crippen molar-refractivity contribution in [2.45, 2.75) is 52.6 Å². The summed E-state index contributed by atoms with van der Waals surface area (Å²) in [5.74, 6) is 0.728. The van der Waals surface area contributed by atoms with Crippen LogP contribution in [-0.4, -0.2) is 26.3 Å². The van der Waals surface area contributed by atoms with Crippen LogP contribution in [0.15, 0.2) is 0 Å². The lowest BCUT2D eigenvalue weighted by molar-refractivity contribution is 0.0804. The molecule has 2 unspecified atom stereocenters. The Balaban J connectivity index is 2.36. The molecule has 2 atom stereocenters. The zero-order valence-corrected chi connectivity index (χ0v) is 10.8. The van der Waals surface area contributed by atoms with E-state index in [4.69, 9.17) is 4.74 Å². The monoisotopic (exact) mass is 213 g/mol. The third kappa shape index (κ3) is 3.76. The van der Waals surface area contributed by atoms with Crippen molar-refractivity contribution in [1.82, 2.24) is 5.32 Å². The van der Waals surface area contributed by atoms with Gasteiger partial charge in [-0.1, -0.05) is 20.8 Å². The van der Waals surface area contributed by atoms with Gasteiger partial charge in [0, 0.05) is 13.2 Å². The second-order valence-electron chi connectivity index (χ2n) is 5.51. The van der Waals surface area contributed by atoms with Crippen LogP contribution in [0, 0.1) is 11.3 Å². The number of hydrogen-bond donors (Lipinski definition) is 1. The molecule has 90 valence electrons. The molecule has 0 saturated carbocycles. The van der Waals surface area contributed by atoms with Gasteiger partial charge in [-0.15, -0.1) is 0 Å². The van der Waals surface area contributed by atoms with Crippen molar-refractivity contribution in [3.63, 3.8) is 0 Å². The molecule has 1 N–H and O–H groups in total. The molecule has 0 radical (unpaired) electrons. The smallest absolute Gasteiger partial charge is 0.0576 e. The molecule has 0 aromatic rings. The van der Waals surface area contributed by atoms with Crippen LogP contribution in [0.3, 0.4) is 0 Å². The summed E-state index contributed by atoms with van der Waals surface area (Å²) in [6.07, 6.45) is 5.58. The lowest BCUT2D eigenvalue weighted by atomic mass is 9.75. The SMILES string of the molecule is CNCC(C)(CCC1CCCO1)C(C)C. The van der Waals surface area contributed by atoms with Gasteiger partial charge in [0.05, 0.1) is 6.10 Å². The van der Waals surface area contributed by atoms with Crippen molar-refractivity contribution < 1.29 is 4.74 Å². The summed E-state index contributed by atoms with van der Waals surface area (Å²) in [6.45, 7) is 9.13. The maximum atomic E-state index is 5.69. The molecule has 2 heteroatoms. The van der Waals surface area contributed by atoms with Crippen LogP contribution in [-0.2, 0) is 4.74 Å². The summed E-state index contributed by atoms with van der Waals surface area (Å²) in [5, 5.41) is 3.32. The first-order chi connectivity index (χ1) is 7.08. The summed E-state index contributed by atoms with van der Waals surface area (Å²) in [6, 6.07) is 0. The number of ether oxygens (including phenoxy) is 1. The van der Waals surface area contributed by atoms with Gasteiger partial charge < -0.3 is 10.1 Å². The Labute approximate surface area is 94.8 Å². The van der Waals surface area contributed by atoms with Gasteiger partial charge in [-0.05, 0) is 44.1 Å². The van der Waals surface area contributed by atoms with Crippen LogP contribution in [0.2, 0.25) is 0 Å². The van der Waals surface area contributed by atoms with Gasteiger partial charge in [0.2, 0.25) is 0 Å². The van der Waals surface area contributed by atoms with E-state index >= 15 is 0 Å². The largest absolute Gasteiger partial charge is 0.378 e. The zero-order chi connectivity index (χ0) is 11.3.